The molecule has 2 heterocycles. The average Bonchev–Trinajstić information content (AvgIpc) is 3.68. The molecule has 0 aliphatic heterocycles. The molecule has 12 nitrogen and oxygen atoms in total. The zero-order chi connectivity index (χ0) is 31.9. The third-order valence-corrected chi connectivity index (χ3v) is 6.70. The van der Waals surface area contributed by atoms with Crippen LogP contribution >= 0.6 is 17.2 Å². The largest absolute Gasteiger partial charge is 2.00 e. The van der Waals surface area contributed by atoms with Gasteiger partial charge in [-0.3, -0.25) is 9.59 Å². The van der Waals surface area contributed by atoms with Crippen molar-refractivity contribution in [1.29, 1.82) is 0 Å². The maximum atomic E-state index is 10.6. The second-order valence-electron chi connectivity index (χ2n) is 8.30. The topological polar surface area (TPSA) is 192 Å². The minimum Gasteiger partial charge on any atom is -0.632 e. The van der Waals surface area contributed by atoms with E-state index in [9.17, 15) is 19.2 Å². The summed E-state index contributed by atoms with van der Waals surface area (Å²) in [7, 11) is 2.14. The maximum absolute atomic E-state index is 10.6. The van der Waals surface area contributed by atoms with Crippen LogP contribution < -0.4 is 11.1 Å². The van der Waals surface area contributed by atoms with Crippen molar-refractivity contribution < 1.29 is 65.8 Å². The van der Waals surface area contributed by atoms with Gasteiger partial charge in [-0.25, -0.2) is 22.0 Å². The summed E-state index contributed by atoms with van der Waals surface area (Å²) in [6.45, 7) is 0. The summed E-state index contributed by atoms with van der Waals surface area (Å²) < 4.78 is 7.56. The van der Waals surface area contributed by atoms with Gasteiger partial charge in [0.25, 0.3) is 0 Å². The number of aromatic nitrogens is 4. The van der Waals surface area contributed by atoms with Crippen molar-refractivity contribution in [1.82, 2.24) is 19.9 Å². The van der Waals surface area contributed by atoms with Crippen LogP contribution in [0.2, 0.25) is 0 Å². The molecule has 0 spiro atoms. The van der Waals surface area contributed by atoms with Crippen LogP contribution in [0.3, 0.4) is 0 Å². The van der Waals surface area contributed by atoms with Gasteiger partial charge >= 0.3 is 37.1 Å². The monoisotopic (exact) mass is 728 g/mol. The van der Waals surface area contributed by atoms with E-state index >= 15 is 0 Å². The minimum absolute atomic E-state index is 0. The molecule has 2 amide bonds. The Morgan fingerprint density at radius 2 is 1.22 bits per heavy atom. The van der Waals surface area contributed by atoms with Crippen LogP contribution in [-0.4, -0.2) is 58.4 Å². The van der Waals surface area contributed by atoms with E-state index in [0.29, 0.717) is 11.1 Å². The molecule has 46 heavy (non-hydrogen) atoms. The van der Waals surface area contributed by atoms with E-state index in [1.54, 1.807) is 6.20 Å². The molecule has 2 radical (unpaired) electrons. The van der Waals surface area contributed by atoms with E-state index in [1.807, 2.05) is 78.8 Å². The number of imidazole rings is 2. The van der Waals surface area contributed by atoms with Crippen molar-refractivity contribution in [2.45, 2.75) is 0 Å². The number of nitrogens with zero attached hydrogens (tertiary/aromatic N) is 2. The number of rotatable bonds is 6. The van der Waals surface area contributed by atoms with Gasteiger partial charge in [-0.15, -0.1) is 0 Å². The van der Waals surface area contributed by atoms with Crippen molar-refractivity contribution in [3.63, 3.8) is 0 Å². The molecule has 0 fully saturated rings. The molecule has 2 aromatic heterocycles. The van der Waals surface area contributed by atoms with Gasteiger partial charge in [-0.2, -0.15) is 17.2 Å². The van der Waals surface area contributed by atoms with E-state index in [1.165, 1.54) is 0 Å². The zero-order valence-electron chi connectivity index (χ0n) is 24.2. The van der Waals surface area contributed by atoms with E-state index in [-0.39, 0.29) is 54.3 Å². The number of aromatic amines is 2. The van der Waals surface area contributed by atoms with Gasteiger partial charge in [0.05, 0.1) is 48.3 Å². The summed E-state index contributed by atoms with van der Waals surface area (Å²) in [6.07, 6.45) is -0.273. The van der Waals surface area contributed by atoms with Crippen LogP contribution in [0.1, 0.15) is 11.1 Å². The normalized spacial score (nSPS) is 9.78. The SMILES string of the molecule is COC([NH-])=O.COC([NH-])=O.O=[C-]Pc1ncc(-c2ccc(C#Cc3ccc(-c4ccc5nc(P[C-]=O)[nH]c5c4)cc3)cc2)[nH]1.[V+2].[V+2]. The number of carbonyl (C=O) groups is 2. The fraction of sp³-hybridized carbons (Fsp3) is 0.0667. The van der Waals surface area contributed by atoms with Gasteiger partial charge < -0.3 is 40.5 Å². The van der Waals surface area contributed by atoms with E-state index in [0.717, 1.165) is 58.8 Å². The van der Waals surface area contributed by atoms with Crippen molar-refractivity contribution in [3.05, 3.63) is 95.5 Å². The smallest absolute Gasteiger partial charge is 0.632 e. The molecular formula is C30H24N6O6P2V2. The summed E-state index contributed by atoms with van der Waals surface area (Å²) in [4.78, 5) is 54.5. The predicted molar refractivity (Wildman–Crippen MR) is 172 cm³/mol. The van der Waals surface area contributed by atoms with Crippen LogP contribution in [0, 0.1) is 11.8 Å². The first-order valence-electron chi connectivity index (χ1n) is 12.4. The van der Waals surface area contributed by atoms with Crippen LogP contribution in [0.4, 0.5) is 9.59 Å². The molecule has 0 aliphatic rings. The number of benzene rings is 3. The van der Waals surface area contributed by atoms with Crippen molar-refractivity contribution in [3.8, 4) is 34.2 Å². The number of hydrogen-bond donors (Lipinski definition) is 2. The molecule has 0 saturated heterocycles. The number of methoxy groups -OCH3 is 2. The van der Waals surface area contributed by atoms with E-state index in [4.69, 9.17) is 11.5 Å². The quantitative estimate of drug-likeness (QED) is 0.133. The third kappa shape index (κ3) is 12.7. The molecule has 0 saturated carbocycles. The fourth-order valence-electron chi connectivity index (χ4n) is 3.50. The van der Waals surface area contributed by atoms with Crippen molar-refractivity contribution in [2.75, 3.05) is 14.2 Å². The minimum atomic E-state index is -0.995. The van der Waals surface area contributed by atoms with Crippen molar-refractivity contribution >= 4 is 63.6 Å². The number of H-pyrrole nitrogens is 2. The predicted octanol–water partition coefficient (Wildman–Crippen LogP) is 5.37. The Bertz CT molecular complexity index is 1790. The molecule has 230 valence electrons. The van der Waals surface area contributed by atoms with Gasteiger partial charge in [0.1, 0.15) is 0 Å². The summed E-state index contributed by atoms with van der Waals surface area (Å²) in [5, 5.41) is 0. The molecule has 0 bridgehead atoms. The Morgan fingerprint density at radius 3 is 1.72 bits per heavy atom. The molecular weight excluding hydrogens is 704 g/mol. The van der Waals surface area contributed by atoms with E-state index in [2.05, 4.69) is 41.3 Å². The molecule has 3 aromatic carbocycles. The van der Waals surface area contributed by atoms with Gasteiger partial charge in [0, 0.05) is 11.1 Å². The summed E-state index contributed by atoms with van der Waals surface area (Å²) in [5.74, 6) is 6.40. The first-order valence-corrected chi connectivity index (χ1v) is 14.4. The fourth-order valence-corrected chi connectivity index (χ4v) is 4.39. The Hall–Kier alpha value is -4.19. The second-order valence-corrected chi connectivity index (χ2v) is 10.2. The molecule has 5 rings (SSSR count). The maximum Gasteiger partial charge on any atom is 2.00 e. The number of carbonyl (C=O) groups excluding carboxylic acids is 4. The molecule has 0 aliphatic carbocycles. The number of nitrogens with one attached hydrogen (secondary N) is 4. The standard InChI is InChI=1S/C26H16N4O2P2.2C2H5NO2.2V/c31-15-33-25-27-14-24(30-25)20-9-5-18(6-10-20)2-1-17-3-7-19(8-4-17)21-11-12-22-23(13-21)29-26(28-22)34-16-32;2*1-5-2(3)4;;/h3-14,33-34H,(H,27,30)(H,28,29);2*1H3,(H2,3,4);;/q-2;;;2*+2/p-2. The Labute approximate surface area is 291 Å². The second kappa shape index (κ2) is 20.8. The number of fused-ring (bicyclic) bond motifs is 1. The zero-order valence-corrected chi connectivity index (χ0v) is 29.0. The average molecular weight is 728 g/mol. The number of hydrogen-bond acceptors (Lipinski definition) is 8. The first kappa shape index (κ1) is 39.8. The summed E-state index contributed by atoms with van der Waals surface area (Å²) in [6, 6.07) is 25.7. The number of amides is 2. The molecule has 2 atom stereocenters. The third-order valence-electron chi connectivity index (χ3n) is 5.53. The Kier molecular flexibility index (Phi) is 18.0. The molecule has 5 aromatic rings. The first-order chi connectivity index (χ1) is 21.3. The molecule has 2 unspecified atom stereocenters. The van der Waals surface area contributed by atoms with E-state index < -0.39 is 12.2 Å². The Balaban J connectivity index is 0.000000773. The van der Waals surface area contributed by atoms with Crippen molar-refractivity contribution in [2.24, 2.45) is 0 Å². The van der Waals surface area contributed by atoms with Crippen LogP contribution in [0.15, 0.2) is 72.9 Å². The molecule has 16 heteroatoms. The van der Waals surface area contributed by atoms with Gasteiger partial charge in [-0.1, -0.05) is 42.2 Å². The van der Waals surface area contributed by atoms with Gasteiger partial charge in [-0.05, 0) is 53.1 Å². The van der Waals surface area contributed by atoms with Gasteiger partial charge in [0.2, 0.25) is 12.2 Å². The van der Waals surface area contributed by atoms with Crippen LogP contribution in [0.25, 0.3) is 44.9 Å². The van der Waals surface area contributed by atoms with Crippen LogP contribution in [0.5, 0.6) is 0 Å². The summed E-state index contributed by atoms with van der Waals surface area (Å²) >= 11 is 0. The Morgan fingerprint density at radius 1 is 0.739 bits per heavy atom. The summed E-state index contributed by atoms with van der Waals surface area (Å²) in [5.41, 5.74) is 20.7. The molecule has 4 N–H and O–H groups in total. The van der Waals surface area contributed by atoms with Crippen LogP contribution in [-0.2, 0) is 56.2 Å². The number of ether oxygens (including phenoxy) is 2. The van der Waals surface area contributed by atoms with Gasteiger partial charge in [0.15, 0.2) is 0 Å².